The van der Waals surface area contributed by atoms with Crippen LogP contribution in [0.25, 0.3) is 10.9 Å². The second kappa shape index (κ2) is 13.5. The fourth-order valence-corrected chi connectivity index (χ4v) is 4.98. The van der Waals surface area contributed by atoms with E-state index in [1.807, 2.05) is 59.7 Å². The van der Waals surface area contributed by atoms with Gasteiger partial charge in [0, 0.05) is 41.3 Å². The molecule has 0 aliphatic carbocycles. The van der Waals surface area contributed by atoms with Crippen LogP contribution in [0.3, 0.4) is 0 Å². The molecule has 10 heteroatoms. The van der Waals surface area contributed by atoms with Crippen molar-refractivity contribution in [2.45, 2.75) is 72.6 Å². The summed E-state index contributed by atoms with van der Waals surface area (Å²) < 4.78 is 17.1. The molecule has 2 amide bonds. The van der Waals surface area contributed by atoms with Crippen LogP contribution in [0.2, 0.25) is 0 Å². The number of amides is 2. The minimum Gasteiger partial charge on any atom is -0.493 e. The van der Waals surface area contributed by atoms with Gasteiger partial charge >= 0.3 is 6.09 Å². The highest BCUT2D eigenvalue weighted by molar-refractivity contribution is 6.08. The second-order valence-electron chi connectivity index (χ2n) is 11.0. The Morgan fingerprint density at radius 3 is 2.46 bits per heavy atom. The number of rotatable bonds is 12. The Morgan fingerprint density at radius 2 is 1.88 bits per heavy atom. The van der Waals surface area contributed by atoms with Gasteiger partial charge in [0.1, 0.15) is 0 Å². The average Bonchev–Trinajstić information content (AvgIpc) is 2.91. The molecular weight excluding hydrogens is 524 g/mol. The zero-order valence-corrected chi connectivity index (χ0v) is 25.0. The number of pyridine rings is 1. The van der Waals surface area contributed by atoms with E-state index in [0.29, 0.717) is 40.9 Å². The number of benzene rings is 2. The highest BCUT2D eigenvalue weighted by Crippen LogP contribution is 2.38. The van der Waals surface area contributed by atoms with Gasteiger partial charge in [0.25, 0.3) is 5.91 Å². The normalized spacial score (nSPS) is 11.4. The molecule has 0 aliphatic heterocycles. The lowest BCUT2D eigenvalue weighted by Gasteiger charge is -2.37. The summed E-state index contributed by atoms with van der Waals surface area (Å²) in [7, 11) is 1.53. The largest absolute Gasteiger partial charge is 0.493 e. The van der Waals surface area contributed by atoms with Crippen LogP contribution in [-0.2, 0) is 17.8 Å². The van der Waals surface area contributed by atoms with Crippen LogP contribution in [0.5, 0.6) is 11.5 Å². The molecule has 0 radical (unpaired) electrons. The lowest BCUT2D eigenvalue weighted by Crippen LogP contribution is -2.49. The molecule has 2 aromatic carbocycles. The van der Waals surface area contributed by atoms with Gasteiger partial charge < -0.3 is 35.3 Å². The zero-order chi connectivity index (χ0) is 30.3. The Morgan fingerprint density at radius 1 is 1.15 bits per heavy atom. The molecule has 0 aliphatic rings. The monoisotopic (exact) mass is 566 g/mol. The first kappa shape index (κ1) is 31.5. The number of anilines is 2. The number of aliphatic hydroxyl groups is 1. The van der Waals surface area contributed by atoms with Crippen molar-refractivity contribution in [3.63, 3.8) is 0 Å². The molecule has 0 atom stereocenters. The molecule has 0 spiro atoms. The number of hydrogen-bond acceptors (Lipinski definition) is 8. The lowest BCUT2D eigenvalue weighted by atomic mass is 10.0. The standard InChI is InChI=1S/C31H42N4O6/c1-8-21-20(18-36)11-9-12-24(21)34-28-22-15-26(39-7)27(16-25(22)33-17-23(28)29(32)37)40-13-10-14-41-30(38)35(19(2)3)31(4,5)6/h9,11-12,15-17,19,36H,8,10,13-14,18H2,1-7H3,(H2,32,37)(H,33,34). The van der Waals surface area contributed by atoms with Gasteiger partial charge in [0.2, 0.25) is 0 Å². The number of nitrogens with zero attached hydrogens (tertiary/aromatic N) is 2. The summed E-state index contributed by atoms with van der Waals surface area (Å²) in [5, 5.41) is 13.8. The number of nitrogens with one attached hydrogen (secondary N) is 1. The summed E-state index contributed by atoms with van der Waals surface area (Å²) in [4.78, 5) is 31.1. The zero-order valence-electron chi connectivity index (χ0n) is 25.0. The third kappa shape index (κ3) is 7.38. The van der Waals surface area contributed by atoms with Gasteiger partial charge in [-0.05, 0) is 64.3 Å². The van der Waals surface area contributed by atoms with E-state index in [-0.39, 0.29) is 43.1 Å². The second-order valence-corrected chi connectivity index (χ2v) is 11.0. The molecular formula is C31H42N4O6. The molecule has 0 unspecified atom stereocenters. The van der Waals surface area contributed by atoms with Crippen LogP contribution in [0.1, 0.15) is 69.4 Å². The number of fused-ring (bicyclic) bond motifs is 1. The van der Waals surface area contributed by atoms with E-state index in [4.69, 9.17) is 19.9 Å². The van der Waals surface area contributed by atoms with Gasteiger partial charge in [-0.2, -0.15) is 0 Å². The Bertz CT molecular complexity index is 1380. The number of nitrogens with two attached hydrogens (primary N) is 1. The Labute approximate surface area is 241 Å². The van der Waals surface area contributed by atoms with Crippen LogP contribution in [0.15, 0.2) is 36.5 Å². The highest BCUT2D eigenvalue weighted by atomic mass is 16.6. The topological polar surface area (TPSA) is 136 Å². The van der Waals surface area contributed by atoms with Crippen LogP contribution in [-0.4, -0.2) is 58.9 Å². The summed E-state index contributed by atoms with van der Waals surface area (Å²) >= 11 is 0. The molecule has 222 valence electrons. The highest BCUT2D eigenvalue weighted by Gasteiger charge is 2.30. The van der Waals surface area contributed by atoms with Crippen molar-refractivity contribution in [2.24, 2.45) is 5.73 Å². The number of primary amides is 1. The minimum atomic E-state index is -0.630. The molecule has 10 nitrogen and oxygen atoms in total. The lowest BCUT2D eigenvalue weighted by molar-refractivity contribution is 0.0493. The summed E-state index contributed by atoms with van der Waals surface area (Å²) in [6.07, 6.45) is 2.22. The third-order valence-corrected chi connectivity index (χ3v) is 6.68. The van der Waals surface area contributed by atoms with Crippen LogP contribution >= 0.6 is 0 Å². The number of hydrogen-bond donors (Lipinski definition) is 3. The van der Waals surface area contributed by atoms with Crippen LogP contribution in [0, 0.1) is 0 Å². The van der Waals surface area contributed by atoms with Gasteiger partial charge in [-0.25, -0.2) is 4.79 Å². The fourth-order valence-electron chi connectivity index (χ4n) is 4.98. The smallest absolute Gasteiger partial charge is 0.410 e. The molecule has 0 fully saturated rings. The maximum absolute atomic E-state index is 12.6. The maximum Gasteiger partial charge on any atom is 0.410 e. The first-order valence-corrected chi connectivity index (χ1v) is 13.8. The van der Waals surface area contributed by atoms with Crippen molar-refractivity contribution < 1.29 is 28.9 Å². The van der Waals surface area contributed by atoms with Gasteiger partial charge in [-0.15, -0.1) is 0 Å². The van der Waals surface area contributed by atoms with Crippen molar-refractivity contribution in [3.05, 3.63) is 53.2 Å². The van der Waals surface area contributed by atoms with Crippen molar-refractivity contribution in [1.82, 2.24) is 9.88 Å². The Hall–Kier alpha value is -4.05. The molecule has 3 aromatic rings. The van der Waals surface area contributed by atoms with Crippen LogP contribution < -0.4 is 20.5 Å². The molecule has 0 saturated carbocycles. The first-order valence-electron chi connectivity index (χ1n) is 13.8. The summed E-state index contributed by atoms with van der Waals surface area (Å²) in [6.45, 7) is 12.2. The minimum absolute atomic E-state index is 0.00903. The van der Waals surface area contributed by atoms with Gasteiger partial charge in [-0.3, -0.25) is 9.78 Å². The van der Waals surface area contributed by atoms with Crippen LogP contribution in [0.4, 0.5) is 16.2 Å². The van der Waals surface area contributed by atoms with E-state index in [1.165, 1.54) is 13.3 Å². The Kier molecular flexibility index (Phi) is 10.4. The van der Waals surface area contributed by atoms with Gasteiger partial charge in [0.15, 0.2) is 11.5 Å². The van der Waals surface area contributed by atoms with E-state index in [0.717, 1.165) is 16.8 Å². The molecule has 1 heterocycles. The molecule has 0 saturated heterocycles. The summed E-state index contributed by atoms with van der Waals surface area (Å²) in [6, 6.07) is 9.09. The Balaban J connectivity index is 1.83. The van der Waals surface area contributed by atoms with Crippen molar-refractivity contribution in [1.29, 1.82) is 0 Å². The number of aromatic nitrogens is 1. The van der Waals surface area contributed by atoms with Gasteiger partial charge in [0.05, 0.1) is 43.7 Å². The maximum atomic E-state index is 12.6. The summed E-state index contributed by atoms with van der Waals surface area (Å²) in [5.74, 6) is 0.278. The number of aliphatic hydroxyl groups excluding tert-OH is 1. The number of carbonyl (C=O) groups excluding carboxylic acids is 2. The first-order chi connectivity index (χ1) is 19.4. The predicted octanol–water partition coefficient (Wildman–Crippen LogP) is 5.56. The summed E-state index contributed by atoms with van der Waals surface area (Å²) in [5.41, 5.74) is 9.11. The number of ether oxygens (including phenoxy) is 3. The molecule has 3 rings (SSSR count). The molecule has 41 heavy (non-hydrogen) atoms. The average molecular weight is 567 g/mol. The van der Waals surface area contributed by atoms with E-state index >= 15 is 0 Å². The van der Waals surface area contributed by atoms with E-state index in [9.17, 15) is 14.7 Å². The van der Waals surface area contributed by atoms with E-state index in [1.54, 1.807) is 17.0 Å². The number of methoxy groups -OCH3 is 1. The number of carbonyl (C=O) groups is 2. The van der Waals surface area contributed by atoms with Crippen molar-refractivity contribution in [3.8, 4) is 11.5 Å². The van der Waals surface area contributed by atoms with E-state index < -0.39 is 5.91 Å². The van der Waals surface area contributed by atoms with E-state index in [2.05, 4.69) is 10.3 Å². The molecule has 4 N–H and O–H groups in total. The quantitative estimate of drug-likeness (QED) is 0.243. The van der Waals surface area contributed by atoms with Gasteiger partial charge in [-0.1, -0.05) is 19.1 Å². The third-order valence-electron chi connectivity index (χ3n) is 6.68. The SMILES string of the molecule is CCc1c(CO)cccc1Nc1c(C(N)=O)cnc2cc(OCCCOC(=O)N(C(C)C)C(C)(C)C)c(OC)cc12. The predicted molar refractivity (Wildman–Crippen MR) is 160 cm³/mol. The van der Waals surface area contributed by atoms with Crippen molar-refractivity contribution >= 4 is 34.3 Å². The molecule has 0 bridgehead atoms. The molecule has 1 aromatic heterocycles. The fraction of sp³-hybridized carbons (Fsp3) is 0.452. The van der Waals surface area contributed by atoms with Crippen molar-refractivity contribution in [2.75, 3.05) is 25.6 Å².